The number of hydrogen-bond donors (Lipinski definition) is 2. The Morgan fingerprint density at radius 3 is 2.73 bits per heavy atom. The summed E-state index contributed by atoms with van der Waals surface area (Å²) in [6.07, 6.45) is 1.46. The number of nitrogens with zero attached hydrogens (tertiary/aromatic N) is 1. The zero-order valence-electron chi connectivity index (χ0n) is 12.6. The van der Waals surface area contributed by atoms with Gasteiger partial charge < -0.3 is 10.4 Å². The molecule has 0 aromatic heterocycles. The highest BCUT2D eigenvalue weighted by Crippen LogP contribution is 2.17. The van der Waals surface area contributed by atoms with Crippen LogP contribution in [0.5, 0.6) is 0 Å². The molecular weight excluding hydrogens is 287 g/mol. The van der Waals surface area contributed by atoms with Gasteiger partial charge in [-0.3, -0.25) is 14.5 Å². The van der Waals surface area contributed by atoms with Crippen LogP contribution >= 0.6 is 0 Å². The molecule has 1 aliphatic heterocycles. The van der Waals surface area contributed by atoms with Gasteiger partial charge in [0.15, 0.2) is 0 Å². The molecular formula is C16H21FN2O3. The lowest BCUT2D eigenvalue weighted by Crippen LogP contribution is -2.44. The normalized spacial score (nSPS) is 20.4. The quantitative estimate of drug-likeness (QED) is 0.870. The average Bonchev–Trinajstić information content (AvgIpc) is 2.47. The van der Waals surface area contributed by atoms with Crippen LogP contribution in [0.1, 0.15) is 31.4 Å². The van der Waals surface area contributed by atoms with Gasteiger partial charge in [-0.05, 0) is 44.0 Å². The Bertz CT molecular complexity index is 533. The Morgan fingerprint density at radius 2 is 2.09 bits per heavy atom. The Hall–Kier alpha value is -1.95. The Morgan fingerprint density at radius 1 is 1.41 bits per heavy atom. The first kappa shape index (κ1) is 16.4. The number of carboxylic acid groups (broad SMARTS) is 1. The maximum atomic E-state index is 12.9. The molecule has 0 bridgehead atoms. The van der Waals surface area contributed by atoms with E-state index in [1.165, 1.54) is 12.1 Å². The first-order valence-electron chi connectivity index (χ1n) is 7.45. The second kappa shape index (κ2) is 7.35. The van der Waals surface area contributed by atoms with Gasteiger partial charge in [0, 0.05) is 6.54 Å². The minimum Gasteiger partial charge on any atom is -0.481 e. The average molecular weight is 308 g/mol. The third-order valence-electron chi connectivity index (χ3n) is 3.97. The van der Waals surface area contributed by atoms with Crippen LogP contribution in [0.25, 0.3) is 0 Å². The molecule has 1 aromatic rings. The number of rotatable bonds is 5. The first-order chi connectivity index (χ1) is 10.5. The van der Waals surface area contributed by atoms with Crippen LogP contribution in [0.3, 0.4) is 0 Å². The molecule has 1 aliphatic rings. The maximum absolute atomic E-state index is 12.9. The second-order valence-electron chi connectivity index (χ2n) is 5.75. The van der Waals surface area contributed by atoms with Gasteiger partial charge >= 0.3 is 5.97 Å². The molecule has 120 valence electrons. The Kier molecular flexibility index (Phi) is 5.49. The Labute approximate surface area is 129 Å². The first-order valence-corrected chi connectivity index (χ1v) is 7.45. The van der Waals surface area contributed by atoms with E-state index in [0.717, 1.165) is 18.5 Å². The molecule has 1 aromatic carbocycles. The van der Waals surface area contributed by atoms with Crippen LogP contribution in [0.2, 0.25) is 0 Å². The van der Waals surface area contributed by atoms with Crippen molar-refractivity contribution < 1.29 is 19.1 Å². The van der Waals surface area contributed by atoms with E-state index in [0.29, 0.717) is 13.0 Å². The van der Waals surface area contributed by atoms with Gasteiger partial charge in [0.1, 0.15) is 5.82 Å². The highest BCUT2D eigenvalue weighted by molar-refractivity contribution is 5.78. The largest absolute Gasteiger partial charge is 0.481 e. The van der Waals surface area contributed by atoms with Crippen molar-refractivity contribution in [3.8, 4) is 0 Å². The van der Waals surface area contributed by atoms with Crippen molar-refractivity contribution in [2.24, 2.45) is 5.92 Å². The number of carbonyl (C=O) groups is 2. The fraction of sp³-hybridized carbons (Fsp3) is 0.500. The van der Waals surface area contributed by atoms with Gasteiger partial charge in [-0.1, -0.05) is 12.1 Å². The van der Waals surface area contributed by atoms with Crippen LogP contribution in [0, 0.1) is 11.7 Å². The fourth-order valence-electron chi connectivity index (χ4n) is 2.73. The van der Waals surface area contributed by atoms with Crippen molar-refractivity contribution in [1.29, 1.82) is 0 Å². The number of halogens is 1. The number of amides is 1. The van der Waals surface area contributed by atoms with Gasteiger partial charge in [0.05, 0.1) is 18.5 Å². The molecule has 0 saturated carbocycles. The van der Waals surface area contributed by atoms with E-state index in [2.05, 4.69) is 5.32 Å². The van der Waals surface area contributed by atoms with Gasteiger partial charge in [-0.25, -0.2) is 4.39 Å². The number of piperidine rings is 1. The van der Waals surface area contributed by atoms with E-state index < -0.39 is 11.9 Å². The molecule has 0 spiro atoms. The van der Waals surface area contributed by atoms with Crippen molar-refractivity contribution in [3.63, 3.8) is 0 Å². The third-order valence-corrected chi connectivity index (χ3v) is 3.97. The smallest absolute Gasteiger partial charge is 0.307 e. The maximum Gasteiger partial charge on any atom is 0.307 e. The van der Waals surface area contributed by atoms with Crippen LogP contribution < -0.4 is 5.32 Å². The monoisotopic (exact) mass is 308 g/mol. The van der Waals surface area contributed by atoms with Crippen LogP contribution in [-0.2, 0) is 9.59 Å². The molecule has 0 radical (unpaired) electrons. The summed E-state index contributed by atoms with van der Waals surface area (Å²) < 4.78 is 12.9. The van der Waals surface area contributed by atoms with Crippen LogP contribution in [-0.4, -0.2) is 41.5 Å². The highest BCUT2D eigenvalue weighted by atomic mass is 19.1. The highest BCUT2D eigenvalue weighted by Gasteiger charge is 2.26. The molecule has 5 nitrogen and oxygen atoms in total. The summed E-state index contributed by atoms with van der Waals surface area (Å²) in [4.78, 5) is 25.0. The number of nitrogens with one attached hydrogen (secondary N) is 1. The van der Waals surface area contributed by atoms with Crippen molar-refractivity contribution >= 4 is 11.9 Å². The zero-order chi connectivity index (χ0) is 16.1. The van der Waals surface area contributed by atoms with Gasteiger partial charge in [-0.15, -0.1) is 0 Å². The number of aliphatic carboxylic acids is 1. The van der Waals surface area contributed by atoms with Crippen molar-refractivity contribution in [1.82, 2.24) is 10.2 Å². The fourth-order valence-corrected chi connectivity index (χ4v) is 2.73. The predicted molar refractivity (Wildman–Crippen MR) is 79.8 cm³/mol. The second-order valence-corrected chi connectivity index (χ2v) is 5.75. The molecule has 1 saturated heterocycles. The third kappa shape index (κ3) is 4.53. The number of carbonyl (C=O) groups excluding carboxylic acids is 1. The van der Waals surface area contributed by atoms with E-state index in [-0.39, 0.29) is 24.3 Å². The van der Waals surface area contributed by atoms with E-state index in [1.807, 2.05) is 11.8 Å². The summed E-state index contributed by atoms with van der Waals surface area (Å²) in [5.74, 6) is -1.65. The summed E-state index contributed by atoms with van der Waals surface area (Å²) in [5.41, 5.74) is 0.830. The van der Waals surface area contributed by atoms with Crippen LogP contribution in [0.15, 0.2) is 24.3 Å². The zero-order valence-corrected chi connectivity index (χ0v) is 12.6. The summed E-state index contributed by atoms with van der Waals surface area (Å²) in [7, 11) is 0. The van der Waals surface area contributed by atoms with Crippen molar-refractivity contribution in [3.05, 3.63) is 35.6 Å². The lowest BCUT2D eigenvalue weighted by atomic mass is 9.98. The predicted octanol–water partition coefficient (Wildman–Crippen LogP) is 1.80. The van der Waals surface area contributed by atoms with Gasteiger partial charge in [0.2, 0.25) is 5.91 Å². The molecule has 2 N–H and O–H groups in total. The number of benzene rings is 1. The standard InChI is InChI=1S/C16H21FN2O3/c1-11(12-4-6-14(17)7-5-12)18-15(20)10-19-8-2-3-13(9-19)16(21)22/h4-7,11,13H,2-3,8-10H2,1H3,(H,18,20)(H,21,22)/t11-,13-/m0/s1. The van der Waals surface area contributed by atoms with Crippen LogP contribution in [0.4, 0.5) is 4.39 Å². The van der Waals surface area contributed by atoms with Crippen molar-refractivity contribution in [2.45, 2.75) is 25.8 Å². The molecule has 0 unspecified atom stereocenters. The lowest BCUT2D eigenvalue weighted by Gasteiger charge is -2.30. The van der Waals surface area contributed by atoms with E-state index in [1.54, 1.807) is 12.1 Å². The number of likely N-dealkylation sites (tertiary alicyclic amines) is 1. The van der Waals surface area contributed by atoms with E-state index in [9.17, 15) is 14.0 Å². The minimum atomic E-state index is -0.801. The van der Waals surface area contributed by atoms with Gasteiger partial charge in [-0.2, -0.15) is 0 Å². The lowest BCUT2D eigenvalue weighted by molar-refractivity contribution is -0.144. The van der Waals surface area contributed by atoms with Crippen molar-refractivity contribution in [2.75, 3.05) is 19.6 Å². The summed E-state index contributed by atoms with van der Waals surface area (Å²) in [6, 6.07) is 5.79. The van der Waals surface area contributed by atoms with E-state index >= 15 is 0 Å². The molecule has 2 atom stereocenters. The molecule has 1 heterocycles. The number of hydrogen-bond acceptors (Lipinski definition) is 3. The van der Waals surface area contributed by atoms with Gasteiger partial charge in [0.25, 0.3) is 0 Å². The topological polar surface area (TPSA) is 69.6 Å². The minimum absolute atomic E-state index is 0.150. The summed E-state index contributed by atoms with van der Waals surface area (Å²) in [5, 5.41) is 11.9. The molecule has 2 rings (SSSR count). The molecule has 6 heteroatoms. The summed E-state index contributed by atoms with van der Waals surface area (Å²) in [6.45, 7) is 3.17. The number of carboxylic acids is 1. The van der Waals surface area contributed by atoms with E-state index in [4.69, 9.17) is 5.11 Å². The molecule has 22 heavy (non-hydrogen) atoms. The molecule has 1 amide bonds. The molecule has 0 aliphatic carbocycles. The SMILES string of the molecule is C[C@H](NC(=O)CN1CCC[C@H](C(=O)O)C1)c1ccc(F)cc1. The summed E-state index contributed by atoms with van der Waals surface area (Å²) >= 11 is 0. The molecule has 1 fully saturated rings. The Balaban J connectivity index is 1.84.